The SMILES string of the molecule is OC[C@H]1O[C@@H](n2cnc3cc4ccccc4cc32)[C@H](O)[C@@H]1O. The van der Waals surface area contributed by atoms with E-state index in [0.717, 1.165) is 21.8 Å². The fraction of sp³-hybridized carbons (Fsp3) is 0.312. The summed E-state index contributed by atoms with van der Waals surface area (Å²) in [6.07, 6.45) is -2.20. The zero-order valence-corrected chi connectivity index (χ0v) is 11.7. The summed E-state index contributed by atoms with van der Waals surface area (Å²) in [5.74, 6) is 0. The van der Waals surface area contributed by atoms with E-state index in [1.165, 1.54) is 0 Å². The van der Waals surface area contributed by atoms with Gasteiger partial charge in [0.15, 0.2) is 6.23 Å². The van der Waals surface area contributed by atoms with Crippen molar-refractivity contribution in [2.24, 2.45) is 0 Å². The maximum atomic E-state index is 10.2. The first-order valence-corrected chi connectivity index (χ1v) is 7.17. The van der Waals surface area contributed by atoms with Gasteiger partial charge in [0, 0.05) is 0 Å². The quantitative estimate of drug-likeness (QED) is 0.651. The molecule has 114 valence electrons. The molecule has 0 amide bonds. The summed E-state index contributed by atoms with van der Waals surface area (Å²) < 4.78 is 7.27. The lowest BCUT2D eigenvalue weighted by molar-refractivity contribution is -0.0508. The predicted molar refractivity (Wildman–Crippen MR) is 80.2 cm³/mol. The fourth-order valence-corrected chi connectivity index (χ4v) is 3.03. The first kappa shape index (κ1) is 13.7. The topological polar surface area (TPSA) is 87.7 Å². The minimum absolute atomic E-state index is 0.343. The molecule has 0 aliphatic carbocycles. The second-order valence-electron chi connectivity index (χ2n) is 5.57. The van der Waals surface area contributed by atoms with Gasteiger partial charge >= 0.3 is 0 Å². The number of aromatic nitrogens is 2. The van der Waals surface area contributed by atoms with Crippen LogP contribution in [0.4, 0.5) is 0 Å². The molecule has 1 fully saturated rings. The standard InChI is InChI=1S/C16H16N2O4/c19-7-13-14(20)15(21)16(22-13)18-8-17-11-5-9-3-1-2-4-10(9)6-12(11)18/h1-6,8,13-16,19-21H,7H2/t13-,14-,15-,16-/m1/s1. The molecule has 4 atom stereocenters. The van der Waals surface area contributed by atoms with E-state index in [1.807, 2.05) is 36.4 Å². The number of aliphatic hydroxyl groups is 3. The highest BCUT2D eigenvalue weighted by Crippen LogP contribution is 2.32. The van der Waals surface area contributed by atoms with Crippen molar-refractivity contribution in [2.45, 2.75) is 24.5 Å². The van der Waals surface area contributed by atoms with Crippen LogP contribution in [-0.2, 0) is 4.74 Å². The van der Waals surface area contributed by atoms with Crippen molar-refractivity contribution in [3.8, 4) is 0 Å². The fourth-order valence-electron chi connectivity index (χ4n) is 3.03. The molecule has 1 aromatic heterocycles. The van der Waals surface area contributed by atoms with Crippen LogP contribution in [0.2, 0.25) is 0 Å². The summed E-state index contributed by atoms with van der Waals surface area (Å²) in [7, 11) is 0. The first-order chi connectivity index (χ1) is 10.7. The number of hydrogen-bond donors (Lipinski definition) is 3. The maximum absolute atomic E-state index is 10.2. The monoisotopic (exact) mass is 300 g/mol. The number of nitrogens with zero attached hydrogens (tertiary/aromatic N) is 2. The number of rotatable bonds is 2. The number of benzene rings is 2. The first-order valence-electron chi connectivity index (χ1n) is 7.17. The number of imidazole rings is 1. The van der Waals surface area contributed by atoms with E-state index in [1.54, 1.807) is 10.9 Å². The molecule has 2 aromatic carbocycles. The molecule has 2 heterocycles. The Balaban J connectivity index is 1.84. The Kier molecular flexibility index (Phi) is 3.12. The molecule has 0 bridgehead atoms. The van der Waals surface area contributed by atoms with Crippen LogP contribution < -0.4 is 0 Å². The second-order valence-corrected chi connectivity index (χ2v) is 5.57. The van der Waals surface area contributed by atoms with Gasteiger partial charge in [0.25, 0.3) is 0 Å². The molecule has 1 saturated heterocycles. The highest BCUT2D eigenvalue weighted by molar-refractivity contribution is 5.95. The van der Waals surface area contributed by atoms with E-state index in [-0.39, 0.29) is 6.61 Å². The summed E-state index contributed by atoms with van der Waals surface area (Å²) in [4.78, 5) is 4.35. The Morgan fingerprint density at radius 3 is 2.50 bits per heavy atom. The number of ether oxygens (including phenoxy) is 1. The molecule has 22 heavy (non-hydrogen) atoms. The lowest BCUT2D eigenvalue weighted by Gasteiger charge is -2.17. The normalized spacial score (nSPS) is 28.7. The van der Waals surface area contributed by atoms with Gasteiger partial charge in [-0.05, 0) is 22.9 Å². The maximum Gasteiger partial charge on any atom is 0.164 e. The molecule has 1 aliphatic heterocycles. The Labute approximate surface area is 126 Å². The predicted octanol–water partition coefficient (Wildman–Crippen LogP) is 0.801. The molecule has 0 unspecified atom stereocenters. The van der Waals surface area contributed by atoms with E-state index >= 15 is 0 Å². The van der Waals surface area contributed by atoms with Crippen molar-refractivity contribution in [1.82, 2.24) is 9.55 Å². The largest absolute Gasteiger partial charge is 0.394 e. The van der Waals surface area contributed by atoms with Gasteiger partial charge in [-0.2, -0.15) is 0 Å². The summed E-state index contributed by atoms with van der Waals surface area (Å²) >= 11 is 0. The van der Waals surface area contributed by atoms with E-state index in [2.05, 4.69) is 4.98 Å². The average molecular weight is 300 g/mol. The van der Waals surface area contributed by atoms with Crippen LogP contribution in [0.25, 0.3) is 21.8 Å². The molecule has 6 heteroatoms. The minimum Gasteiger partial charge on any atom is -0.394 e. The summed E-state index contributed by atoms with van der Waals surface area (Å²) in [6.45, 7) is -0.343. The third-order valence-electron chi connectivity index (χ3n) is 4.23. The summed E-state index contributed by atoms with van der Waals surface area (Å²) in [5, 5.41) is 31.4. The highest BCUT2D eigenvalue weighted by Gasteiger charge is 2.43. The molecule has 3 N–H and O–H groups in total. The van der Waals surface area contributed by atoms with Crippen LogP contribution in [0.1, 0.15) is 6.23 Å². The second kappa shape index (κ2) is 5.03. The molecule has 6 nitrogen and oxygen atoms in total. The molecule has 0 radical (unpaired) electrons. The van der Waals surface area contributed by atoms with Gasteiger partial charge in [-0.25, -0.2) is 4.98 Å². The van der Waals surface area contributed by atoms with Crippen LogP contribution in [0, 0.1) is 0 Å². The van der Waals surface area contributed by atoms with E-state index in [0.29, 0.717) is 0 Å². The molecular weight excluding hydrogens is 284 g/mol. The Morgan fingerprint density at radius 2 is 1.82 bits per heavy atom. The average Bonchev–Trinajstić information content (AvgIpc) is 3.07. The molecule has 4 rings (SSSR count). The van der Waals surface area contributed by atoms with Gasteiger partial charge in [-0.1, -0.05) is 24.3 Å². The smallest absolute Gasteiger partial charge is 0.164 e. The molecular formula is C16H16N2O4. The van der Waals surface area contributed by atoms with Crippen molar-refractivity contribution in [1.29, 1.82) is 0 Å². The Morgan fingerprint density at radius 1 is 1.09 bits per heavy atom. The van der Waals surface area contributed by atoms with Crippen molar-refractivity contribution in [3.63, 3.8) is 0 Å². The van der Waals surface area contributed by atoms with Gasteiger partial charge in [0.2, 0.25) is 0 Å². The van der Waals surface area contributed by atoms with Crippen LogP contribution in [-0.4, -0.2) is 49.8 Å². The molecule has 0 saturated carbocycles. The van der Waals surface area contributed by atoms with Crippen molar-refractivity contribution in [3.05, 3.63) is 42.7 Å². The Hall–Kier alpha value is -1.99. The summed E-state index contributed by atoms with van der Waals surface area (Å²) in [5.41, 5.74) is 1.60. The summed E-state index contributed by atoms with van der Waals surface area (Å²) in [6, 6.07) is 11.9. The Bertz CT molecular complexity index is 831. The lowest BCUT2D eigenvalue weighted by atomic mass is 10.1. The molecule has 3 aromatic rings. The van der Waals surface area contributed by atoms with Gasteiger partial charge in [0.1, 0.15) is 18.3 Å². The third kappa shape index (κ3) is 1.93. The van der Waals surface area contributed by atoms with Crippen LogP contribution in [0.15, 0.2) is 42.7 Å². The molecule has 0 spiro atoms. The number of fused-ring (bicyclic) bond motifs is 2. The van der Waals surface area contributed by atoms with Gasteiger partial charge in [0.05, 0.1) is 24.0 Å². The zero-order valence-electron chi connectivity index (χ0n) is 11.7. The van der Waals surface area contributed by atoms with Crippen molar-refractivity contribution in [2.75, 3.05) is 6.61 Å². The van der Waals surface area contributed by atoms with E-state index in [4.69, 9.17) is 4.74 Å². The number of aliphatic hydroxyl groups excluding tert-OH is 3. The van der Waals surface area contributed by atoms with Crippen molar-refractivity contribution >= 4 is 21.8 Å². The minimum atomic E-state index is -1.12. The van der Waals surface area contributed by atoms with Gasteiger partial charge in [-0.15, -0.1) is 0 Å². The van der Waals surface area contributed by atoms with Crippen LogP contribution in [0.3, 0.4) is 0 Å². The lowest BCUT2D eigenvalue weighted by Crippen LogP contribution is -2.33. The van der Waals surface area contributed by atoms with Crippen LogP contribution >= 0.6 is 0 Å². The highest BCUT2D eigenvalue weighted by atomic mass is 16.6. The van der Waals surface area contributed by atoms with Crippen molar-refractivity contribution < 1.29 is 20.1 Å². The zero-order chi connectivity index (χ0) is 15.3. The third-order valence-corrected chi connectivity index (χ3v) is 4.23. The van der Waals surface area contributed by atoms with Crippen LogP contribution in [0.5, 0.6) is 0 Å². The van der Waals surface area contributed by atoms with E-state index < -0.39 is 24.5 Å². The molecule has 1 aliphatic rings. The number of hydrogen-bond acceptors (Lipinski definition) is 5. The van der Waals surface area contributed by atoms with E-state index in [9.17, 15) is 15.3 Å². The van der Waals surface area contributed by atoms with Gasteiger partial charge < -0.3 is 24.6 Å². The van der Waals surface area contributed by atoms with Gasteiger partial charge in [-0.3, -0.25) is 0 Å².